The predicted molar refractivity (Wildman–Crippen MR) is 59.6 cm³/mol. The van der Waals surface area contributed by atoms with Gasteiger partial charge in [-0.1, -0.05) is 26.2 Å². The lowest BCUT2D eigenvalue weighted by molar-refractivity contribution is 0.570. The molecule has 0 N–H and O–H groups in total. The van der Waals surface area contributed by atoms with Crippen molar-refractivity contribution in [1.82, 2.24) is 4.57 Å². The van der Waals surface area contributed by atoms with Crippen LogP contribution in [-0.4, -0.2) is 4.57 Å². The van der Waals surface area contributed by atoms with E-state index in [9.17, 15) is 4.79 Å². The fourth-order valence-electron chi connectivity index (χ4n) is 1.51. The number of unbranched alkanes of at least 4 members (excludes halogenated alkanes) is 3. The van der Waals surface area contributed by atoms with Gasteiger partial charge in [-0.2, -0.15) is 5.26 Å². The van der Waals surface area contributed by atoms with Crippen LogP contribution in [0.1, 0.15) is 38.2 Å². The van der Waals surface area contributed by atoms with E-state index >= 15 is 0 Å². The molecule has 0 aromatic carbocycles. The number of hydrogen-bond donors (Lipinski definition) is 0. The van der Waals surface area contributed by atoms with Gasteiger partial charge >= 0.3 is 0 Å². The van der Waals surface area contributed by atoms with E-state index in [1.54, 1.807) is 22.9 Å². The van der Waals surface area contributed by atoms with Gasteiger partial charge in [0.15, 0.2) is 0 Å². The van der Waals surface area contributed by atoms with Crippen LogP contribution in [0.25, 0.3) is 0 Å². The zero-order valence-corrected chi connectivity index (χ0v) is 9.07. The normalized spacial score (nSPS) is 9.87. The average molecular weight is 204 g/mol. The minimum Gasteiger partial charge on any atom is -0.314 e. The summed E-state index contributed by atoms with van der Waals surface area (Å²) in [6, 6.07) is 5.21. The van der Waals surface area contributed by atoms with E-state index in [0.717, 1.165) is 12.8 Å². The van der Waals surface area contributed by atoms with Crippen molar-refractivity contribution in [2.75, 3.05) is 0 Å². The van der Waals surface area contributed by atoms with Crippen LogP contribution in [0, 0.1) is 11.3 Å². The zero-order valence-electron chi connectivity index (χ0n) is 9.07. The Bertz CT molecular complexity index is 401. The molecule has 1 rings (SSSR count). The Kier molecular flexibility index (Phi) is 4.62. The van der Waals surface area contributed by atoms with Gasteiger partial charge in [-0.3, -0.25) is 4.79 Å². The first-order chi connectivity index (χ1) is 7.29. The lowest BCUT2D eigenvalue weighted by Gasteiger charge is -2.04. The summed E-state index contributed by atoms with van der Waals surface area (Å²) in [5.74, 6) is 0. The van der Waals surface area contributed by atoms with Crippen LogP contribution in [0.2, 0.25) is 0 Å². The van der Waals surface area contributed by atoms with Crippen molar-refractivity contribution < 1.29 is 0 Å². The van der Waals surface area contributed by atoms with Crippen molar-refractivity contribution in [3.63, 3.8) is 0 Å². The van der Waals surface area contributed by atoms with Crippen molar-refractivity contribution in [1.29, 1.82) is 5.26 Å². The number of aryl methyl sites for hydroxylation is 1. The summed E-state index contributed by atoms with van der Waals surface area (Å²) in [4.78, 5) is 11.6. The minimum atomic E-state index is -0.170. The SMILES string of the molecule is CCCCCCn1cccc(C#N)c1=O. The number of pyridine rings is 1. The topological polar surface area (TPSA) is 45.8 Å². The summed E-state index contributed by atoms with van der Waals surface area (Å²) in [7, 11) is 0. The largest absolute Gasteiger partial charge is 0.314 e. The highest BCUT2D eigenvalue weighted by atomic mass is 16.1. The number of aromatic nitrogens is 1. The van der Waals surface area contributed by atoms with Gasteiger partial charge in [0.05, 0.1) is 0 Å². The van der Waals surface area contributed by atoms with Gasteiger partial charge in [0.2, 0.25) is 0 Å². The Balaban J connectivity index is 2.63. The van der Waals surface area contributed by atoms with E-state index in [1.165, 1.54) is 12.8 Å². The Hall–Kier alpha value is -1.56. The van der Waals surface area contributed by atoms with Gasteiger partial charge in [-0.05, 0) is 18.6 Å². The average Bonchev–Trinajstić information content (AvgIpc) is 2.26. The second-order valence-electron chi connectivity index (χ2n) is 3.59. The fraction of sp³-hybridized carbons (Fsp3) is 0.500. The first-order valence-corrected chi connectivity index (χ1v) is 5.39. The quantitative estimate of drug-likeness (QED) is 0.691. The molecule has 0 bridgehead atoms. The highest BCUT2D eigenvalue weighted by molar-refractivity contribution is 5.24. The molecule has 0 saturated heterocycles. The van der Waals surface area contributed by atoms with E-state index < -0.39 is 0 Å². The summed E-state index contributed by atoms with van der Waals surface area (Å²) in [6.07, 6.45) is 6.28. The molecule has 80 valence electrons. The third kappa shape index (κ3) is 3.25. The Morgan fingerprint density at radius 1 is 1.40 bits per heavy atom. The second-order valence-corrected chi connectivity index (χ2v) is 3.59. The van der Waals surface area contributed by atoms with E-state index in [1.807, 2.05) is 6.07 Å². The van der Waals surface area contributed by atoms with Crippen LogP contribution < -0.4 is 5.56 Å². The van der Waals surface area contributed by atoms with Gasteiger partial charge < -0.3 is 4.57 Å². The maximum Gasteiger partial charge on any atom is 0.268 e. The Morgan fingerprint density at radius 3 is 2.87 bits per heavy atom. The molecular formula is C12H16N2O. The molecule has 0 saturated carbocycles. The summed E-state index contributed by atoms with van der Waals surface area (Å²) in [5, 5.41) is 8.69. The molecule has 0 aliphatic heterocycles. The van der Waals surface area contributed by atoms with Crippen molar-refractivity contribution in [2.24, 2.45) is 0 Å². The molecule has 3 heteroatoms. The van der Waals surface area contributed by atoms with Gasteiger partial charge in [0.1, 0.15) is 11.6 Å². The molecule has 0 unspecified atom stereocenters. The highest BCUT2D eigenvalue weighted by Crippen LogP contribution is 2.00. The van der Waals surface area contributed by atoms with E-state index in [-0.39, 0.29) is 11.1 Å². The molecule has 3 nitrogen and oxygen atoms in total. The minimum absolute atomic E-state index is 0.170. The number of nitrogens with zero attached hydrogens (tertiary/aromatic N) is 2. The van der Waals surface area contributed by atoms with Crippen molar-refractivity contribution in [3.05, 3.63) is 34.2 Å². The van der Waals surface area contributed by atoms with Crippen LogP contribution in [-0.2, 0) is 6.54 Å². The van der Waals surface area contributed by atoms with Crippen molar-refractivity contribution >= 4 is 0 Å². The van der Waals surface area contributed by atoms with Gasteiger partial charge in [-0.15, -0.1) is 0 Å². The lowest BCUT2D eigenvalue weighted by atomic mass is 10.2. The van der Waals surface area contributed by atoms with Crippen LogP contribution in [0.15, 0.2) is 23.1 Å². The molecule has 0 spiro atoms. The summed E-state index contributed by atoms with van der Waals surface area (Å²) >= 11 is 0. The van der Waals surface area contributed by atoms with Crippen LogP contribution in [0.5, 0.6) is 0 Å². The van der Waals surface area contributed by atoms with Gasteiger partial charge in [-0.25, -0.2) is 0 Å². The van der Waals surface area contributed by atoms with Gasteiger partial charge in [0.25, 0.3) is 5.56 Å². The van der Waals surface area contributed by atoms with Crippen molar-refractivity contribution in [2.45, 2.75) is 39.2 Å². The van der Waals surface area contributed by atoms with Crippen LogP contribution in [0.3, 0.4) is 0 Å². The first-order valence-electron chi connectivity index (χ1n) is 5.39. The third-order valence-electron chi connectivity index (χ3n) is 2.39. The summed E-state index contributed by atoms with van der Waals surface area (Å²) in [5.41, 5.74) is 0.0597. The summed E-state index contributed by atoms with van der Waals surface area (Å²) in [6.45, 7) is 2.87. The highest BCUT2D eigenvalue weighted by Gasteiger charge is 2.00. The van der Waals surface area contributed by atoms with Crippen molar-refractivity contribution in [3.8, 4) is 6.07 Å². The number of hydrogen-bond acceptors (Lipinski definition) is 2. The maximum absolute atomic E-state index is 11.6. The molecule has 1 aromatic rings. The molecule has 0 radical (unpaired) electrons. The van der Waals surface area contributed by atoms with Gasteiger partial charge in [0, 0.05) is 12.7 Å². The first kappa shape index (κ1) is 11.5. The molecule has 1 aromatic heterocycles. The predicted octanol–water partition coefficient (Wildman–Crippen LogP) is 2.30. The van der Waals surface area contributed by atoms with E-state index in [0.29, 0.717) is 6.54 Å². The molecule has 1 heterocycles. The zero-order chi connectivity index (χ0) is 11.1. The van der Waals surface area contributed by atoms with Crippen LogP contribution >= 0.6 is 0 Å². The van der Waals surface area contributed by atoms with Crippen LogP contribution in [0.4, 0.5) is 0 Å². The second kappa shape index (κ2) is 6.02. The summed E-state index contributed by atoms with van der Waals surface area (Å²) < 4.78 is 1.62. The lowest BCUT2D eigenvalue weighted by Crippen LogP contribution is -2.21. The third-order valence-corrected chi connectivity index (χ3v) is 2.39. The van der Waals surface area contributed by atoms with E-state index in [4.69, 9.17) is 5.26 Å². The van der Waals surface area contributed by atoms with E-state index in [2.05, 4.69) is 6.92 Å². The molecular weight excluding hydrogens is 188 g/mol. The molecule has 15 heavy (non-hydrogen) atoms. The fourth-order valence-corrected chi connectivity index (χ4v) is 1.51. The molecule has 0 aliphatic carbocycles. The molecule has 0 aliphatic rings. The maximum atomic E-state index is 11.6. The standard InChI is InChI=1S/C12H16N2O/c1-2-3-4-5-8-14-9-6-7-11(10-13)12(14)15/h6-7,9H,2-5,8H2,1H3. The monoisotopic (exact) mass is 204 g/mol. The number of nitriles is 1. The molecule has 0 atom stereocenters. The smallest absolute Gasteiger partial charge is 0.268 e. The molecule has 0 fully saturated rings. The Labute approximate surface area is 90.0 Å². The number of rotatable bonds is 5. The Morgan fingerprint density at radius 2 is 2.20 bits per heavy atom. The molecule has 0 amide bonds.